The number of fused-ring (bicyclic) bond motifs is 1. The van der Waals surface area contributed by atoms with Gasteiger partial charge in [-0.05, 0) is 36.5 Å². The van der Waals surface area contributed by atoms with Gasteiger partial charge in [0.1, 0.15) is 18.0 Å². The molecule has 2 heterocycles. The van der Waals surface area contributed by atoms with Crippen molar-refractivity contribution in [2.75, 3.05) is 23.3 Å². The molecule has 0 unspecified atom stereocenters. The zero-order chi connectivity index (χ0) is 16.9. The lowest BCUT2D eigenvalue weighted by Gasteiger charge is -2.18. The highest BCUT2D eigenvalue weighted by atomic mass is 15.2. The van der Waals surface area contributed by atoms with Crippen molar-refractivity contribution in [2.24, 2.45) is 0 Å². The smallest absolute Gasteiger partial charge is 0.138 e. The van der Waals surface area contributed by atoms with Crippen LogP contribution in [0.4, 0.5) is 17.3 Å². The summed E-state index contributed by atoms with van der Waals surface area (Å²) in [5.41, 5.74) is 4.02. The van der Waals surface area contributed by atoms with Crippen molar-refractivity contribution in [3.05, 3.63) is 78.1 Å². The van der Waals surface area contributed by atoms with Gasteiger partial charge in [-0.15, -0.1) is 0 Å². The summed E-state index contributed by atoms with van der Waals surface area (Å²) in [7, 11) is 0. The number of aromatic nitrogens is 2. The van der Waals surface area contributed by atoms with E-state index in [2.05, 4.69) is 74.8 Å². The molecule has 2 aromatic carbocycles. The third kappa shape index (κ3) is 3.63. The second-order valence-electron chi connectivity index (χ2n) is 6.31. The van der Waals surface area contributed by atoms with E-state index < -0.39 is 0 Å². The minimum absolute atomic E-state index is 0.891. The van der Waals surface area contributed by atoms with E-state index >= 15 is 0 Å². The first-order valence-electron chi connectivity index (χ1n) is 8.85. The molecule has 0 radical (unpaired) electrons. The lowest BCUT2D eigenvalue weighted by atomic mass is 10.1. The van der Waals surface area contributed by atoms with Gasteiger partial charge in [-0.25, -0.2) is 9.97 Å². The number of hydrogen-bond donors (Lipinski definition) is 1. The molecule has 4 nitrogen and oxygen atoms in total. The van der Waals surface area contributed by atoms with Gasteiger partial charge in [-0.2, -0.15) is 0 Å². The van der Waals surface area contributed by atoms with Gasteiger partial charge in [-0.3, -0.25) is 0 Å². The SMILES string of the molecule is c1ccc(CCCNc2cc(N3CCc4ccccc43)ncn2)cc1. The topological polar surface area (TPSA) is 41.0 Å². The molecule has 3 aromatic rings. The number of aryl methyl sites for hydroxylation is 1. The Bertz CT molecular complexity index is 832. The van der Waals surface area contributed by atoms with Gasteiger partial charge in [0.15, 0.2) is 0 Å². The summed E-state index contributed by atoms with van der Waals surface area (Å²) in [6.07, 6.45) is 4.87. The molecule has 1 aliphatic rings. The summed E-state index contributed by atoms with van der Waals surface area (Å²) in [5.74, 6) is 1.85. The number of rotatable bonds is 6. The van der Waals surface area contributed by atoms with E-state index in [4.69, 9.17) is 0 Å². The quantitative estimate of drug-likeness (QED) is 0.687. The average Bonchev–Trinajstić information content (AvgIpc) is 3.11. The zero-order valence-electron chi connectivity index (χ0n) is 14.2. The summed E-state index contributed by atoms with van der Waals surface area (Å²) in [4.78, 5) is 11.1. The van der Waals surface area contributed by atoms with E-state index in [-0.39, 0.29) is 0 Å². The van der Waals surface area contributed by atoms with E-state index in [1.54, 1.807) is 6.33 Å². The Labute approximate surface area is 148 Å². The first-order chi connectivity index (χ1) is 12.4. The van der Waals surface area contributed by atoms with Crippen LogP contribution >= 0.6 is 0 Å². The normalized spacial score (nSPS) is 12.9. The van der Waals surface area contributed by atoms with Crippen LogP contribution in [-0.2, 0) is 12.8 Å². The Morgan fingerprint density at radius 3 is 2.72 bits per heavy atom. The van der Waals surface area contributed by atoms with Crippen LogP contribution in [0.3, 0.4) is 0 Å². The molecule has 0 bridgehead atoms. The highest BCUT2D eigenvalue weighted by Crippen LogP contribution is 2.33. The molecular weight excluding hydrogens is 308 g/mol. The molecule has 1 aliphatic heterocycles. The maximum Gasteiger partial charge on any atom is 0.138 e. The van der Waals surface area contributed by atoms with Crippen LogP contribution in [0, 0.1) is 0 Å². The van der Waals surface area contributed by atoms with Crippen LogP contribution in [0.2, 0.25) is 0 Å². The van der Waals surface area contributed by atoms with Gasteiger partial charge in [0.05, 0.1) is 0 Å². The standard InChI is InChI=1S/C21H22N4/c1-2-7-17(8-3-1)9-6-13-22-20-15-21(24-16-23-20)25-14-12-18-10-4-5-11-19(18)25/h1-5,7-8,10-11,15-16H,6,9,12-14H2,(H,22,23,24). The van der Waals surface area contributed by atoms with Crippen molar-refractivity contribution >= 4 is 17.3 Å². The molecule has 0 spiro atoms. The Morgan fingerprint density at radius 2 is 1.80 bits per heavy atom. The fourth-order valence-corrected chi connectivity index (χ4v) is 3.32. The number of para-hydroxylation sites is 1. The largest absolute Gasteiger partial charge is 0.370 e. The predicted molar refractivity (Wildman–Crippen MR) is 102 cm³/mol. The molecular formula is C21H22N4. The molecule has 0 atom stereocenters. The molecule has 4 heteroatoms. The van der Waals surface area contributed by atoms with E-state index in [9.17, 15) is 0 Å². The van der Waals surface area contributed by atoms with Crippen molar-refractivity contribution in [3.8, 4) is 0 Å². The van der Waals surface area contributed by atoms with Crippen LogP contribution in [0.5, 0.6) is 0 Å². The van der Waals surface area contributed by atoms with Crippen molar-refractivity contribution in [1.82, 2.24) is 9.97 Å². The van der Waals surface area contributed by atoms with Crippen molar-refractivity contribution in [3.63, 3.8) is 0 Å². The van der Waals surface area contributed by atoms with E-state index in [1.165, 1.54) is 16.8 Å². The van der Waals surface area contributed by atoms with E-state index in [1.807, 2.05) is 6.07 Å². The monoisotopic (exact) mass is 330 g/mol. The maximum atomic E-state index is 4.47. The third-order valence-electron chi connectivity index (χ3n) is 4.61. The summed E-state index contributed by atoms with van der Waals surface area (Å²) in [5, 5.41) is 3.42. The summed E-state index contributed by atoms with van der Waals surface area (Å²) >= 11 is 0. The van der Waals surface area contributed by atoms with Crippen molar-refractivity contribution < 1.29 is 0 Å². The van der Waals surface area contributed by atoms with Gasteiger partial charge >= 0.3 is 0 Å². The van der Waals surface area contributed by atoms with E-state index in [0.717, 1.165) is 44.0 Å². The van der Waals surface area contributed by atoms with Crippen LogP contribution in [0.25, 0.3) is 0 Å². The second kappa shape index (κ2) is 7.34. The Kier molecular flexibility index (Phi) is 4.59. The summed E-state index contributed by atoms with van der Waals surface area (Å²) in [6.45, 7) is 1.88. The lowest BCUT2D eigenvalue weighted by Crippen LogP contribution is -2.15. The van der Waals surface area contributed by atoms with Gasteiger partial charge in [-0.1, -0.05) is 48.5 Å². The molecule has 1 aromatic heterocycles. The number of anilines is 3. The van der Waals surface area contributed by atoms with Crippen molar-refractivity contribution in [2.45, 2.75) is 19.3 Å². The zero-order valence-corrected chi connectivity index (χ0v) is 14.2. The first kappa shape index (κ1) is 15.6. The fourth-order valence-electron chi connectivity index (χ4n) is 3.32. The average molecular weight is 330 g/mol. The van der Waals surface area contributed by atoms with Crippen LogP contribution < -0.4 is 10.2 Å². The Balaban J connectivity index is 1.37. The summed E-state index contributed by atoms with van der Waals surface area (Å²) < 4.78 is 0. The van der Waals surface area contributed by atoms with Gasteiger partial charge in [0.2, 0.25) is 0 Å². The van der Waals surface area contributed by atoms with Gasteiger partial charge in [0.25, 0.3) is 0 Å². The van der Waals surface area contributed by atoms with Gasteiger partial charge < -0.3 is 10.2 Å². The lowest BCUT2D eigenvalue weighted by molar-refractivity contribution is 0.857. The predicted octanol–water partition coefficient (Wildman–Crippen LogP) is 4.22. The highest BCUT2D eigenvalue weighted by molar-refractivity contribution is 5.68. The van der Waals surface area contributed by atoms with Crippen molar-refractivity contribution in [1.29, 1.82) is 0 Å². The molecule has 0 aliphatic carbocycles. The molecule has 4 rings (SSSR count). The first-order valence-corrected chi connectivity index (χ1v) is 8.85. The van der Waals surface area contributed by atoms with Crippen LogP contribution in [0.15, 0.2) is 67.0 Å². The van der Waals surface area contributed by atoms with Crippen LogP contribution in [-0.4, -0.2) is 23.1 Å². The Hall–Kier alpha value is -2.88. The maximum absolute atomic E-state index is 4.47. The number of benzene rings is 2. The van der Waals surface area contributed by atoms with E-state index in [0.29, 0.717) is 0 Å². The molecule has 0 fully saturated rings. The molecule has 0 saturated carbocycles. The highest BCUT2D eigenvalue weighted by Gasteiger charge is 2.20. The third-order valence-corrected chi connectivity index (χ3v) is 4.61. The minimum atomic E-state index is 0.891. The molecule has 0 saturated heterocycles. The Morgan fingerprint density at radius 1 is 0.960 bits per heavy atom. The number of nitrogens with zero attached hydrogens (tertiary/aromatic N) is 3. The number of hydrogen-bond acceptors (Lipinski definition) is 4. The molecule has 0 amide bonds. The second-order valence-corrected chi connectivity index (χ2v) is 6.31. The minimum Gasteiger partial charge on any atom is -0.370 e. The summed E-state index contributed by atoms with van der Waals surface area (Å²) in [6, 6.07) is 21.2. The molecule has 25 heavy (non-hydrogen) atoms. The van der Waals surface area contributed by atoms with Gasteiger partial charge in [0, 0.05) is 24.8 Å². The molecule has 1 N–H and O–H groups in total. The number of nitrogens with one attached hydrogen (secondary N) is 1. The fraction of sp³-hybridized carbons (Fsp3) is 0.238. The van der Waals surface area contributed by atoms with Crippen LogP contribution in [0.1, 0.15) is 17.5 Å². The molecule has 126 valence electrons.